The first-order chi connectivity index (χ1) is 9.22. The van der Waals surface area contributed by atoms with Gasteiger partial charge in [-0.15, -0.1) is 0 Å². The number of hydrogen-bond donors (Lipinski definition) is 1. The smallest absolute Gasteiger partial charge is 0.325 e. The van der Waals surface area contributed by atoms with E-state index in [1.54, 1.807) is 0 Å². The molecule has 1 heterocycles. The molecule has 0 saturated carbocycles. The van der Waals surface area contributed by atoms with Crippen LogP contribution >= 0.6 is 0 Å². The molecule has 0 radical (unpaired) electrons. The van der Waals surface area contributed by atoms with Gasteiger partial charge in [-0.1, -0.05) is 19.1 Å². The molecule has 1 aromatic rings. The number of carboxylic acids is 1. The van der Waals surface area contributed by atoms with Crippen molar-refractivity contribution in [3.05, 3.63) is 29.8 Å². The standard InChI is InChI=1S/C15H21NO3/c1-2-11-19-13-7-5-12(6-8-13)14(15(17)18)16-9-3-4-10-16/h5-8,14H,2-4,9-11H2,1H3,(H,17,18). The van der Waals surface area contributed by atoms with Crippen molar-refractivity contribution in [1.29, 1.82) is 0 Å². The molecule has 19 heavy (non-hydrogen) atoms. The first-order valence-corrected chi connectivity index (χ1v) is 6.92. The Hall–Kier alpha value is -1.55. The Morgan fingerprint density at radius 3 is 2.47 bits per heavy atom. The number of carboxylic acid groups (broad SMARTS) is 1. The number of hydrogen-bond acceptors (Lipinski definition) is 3. The lowest BCUT2D eigenvalue weighted by Gasteiger charge is -2.24. The Morgan fingerprint density at radius 1 is 1.32 bits per heavy atom. The highest BCUT2D eigenvalue weighted by atomic mass is 16.5. The zero-order chi connectivity index (χ0) is 13.7. The average molecular weight is 263 g/mol. The summed E-state index contributed by atoms with van der Waals surface area (Å²) < 4.78 is 5.51. The number of likely N-dealkylation sites (tertiary alicyclic amines) is 1. The minimum Gasteiger partial charge on any atom is -0.494 e. The van der Waals surface area contributed by atoms with Gasteiger partial charge >= 0.3 is 5.97 Å². The Kier molecular flexibility index (Phi) is 4.80. The van der Waals surface area contributed by atoms with Gasteiger partial charge in [0, 0.05) is 0 Å². The molecule has 1 N–H and O–H groups in total. The van der Waals surface area contributed by atoms with Gasteiger partial charge in [-0.25, -0.2) is 0 Å². The topological polar surface area (TPSA) is 49.8 Å². The monoisotopic (exact) mass is 263 g/mol. The molecule has 1 atom stereocenters. The second kappa shape index (κ2) is 6.57. The molecular weight excluding hydrogens is 242 g/mol. The number of ether oxygens (including phenoxy) is 1. The van der Waals surface area contributed by atoms with Gasteiger partial charge in [0.1, 0.15) is 11.8 Å². The third-order valence-electron chi connectivity index (χ3n) is 3.41. The van der Waals surface area contributed by atoms with Crippen LogP contribution in [-0.4, -0.2) is 35.7 Å². The normalized spacial score (nSPS) is 17.3. The van der Waals surface area contributed by atoms with Crippen molar-refractivity contribution in [3.63, 3.8) is 0 Å². The van der Waals surface area contributed by atoms with Crippen molar-refractivity contribution in [2.45, 2.75) is 32.2 Å². The van der Waals surface area contributed by atoms with E-state index in [4.69, 9.17) is 4.74 Å². The van der Waals surface area contributed by atoms with Gasteiger partial charge in [-0.05, 0) is 50.0 Å². The summed E-state index contributed by atoms with van der Waals surface area (Å²) in [6, 6.07) is 6.92. The van der Waals surface area contributed by atoms with E-state index >= 15 is 0 Å². The summed E-state index contributed by atoms with van der Waals surface area (Å²) in [4.78, 5) is 13.5. The predicted octanol–water partition coefficient (Wildman–Crippen LogP) is 2.70. The van der Waals surface area contributed by atoms with Crippen LogP contribution in [0.25, 0.3) is 0 Å². The van der Waals surface area contributed by atoms with Crippen LogP contribution in [-0.2, 0) is 4.79 Å². The average Bonchev–Trinajstić information content (AvgIpc) is 2.91. The van der Waals surface area contributed by atoms with Gasteiger partial charge in [0.2, 0.25) is 0 Å². The number of nitrogens with zero attached hydrogens (tertiary/aromatic N) is 1. The van der Waals surface area contributed by atoms with Crippen LogP contribution in [0.3, 0.4) is 0 Å². The molecule has 0 spiro atoms. The van der Waals surface area contributed by atoms with Gasteiger partial charge < -0.3 is 9.84 Å². The molecular formula is C15H21NO3. The number of rotatable bonds is 6. The molecule has 1 fully saturated rings. The van der Waals surface area contributed by atoms with Crippen molar-refractivity contribution in [1.82, 2.24) is 4.90 Å². The molecule has 4 nitrogen and oxygen atoms in total. The summed E-state index contributed by atoms with van der Waals surface area (Å²) in [6.07, 6.45) is 3.14. The number of benzene rings is 1. The lowest BCUT2D eigenvalue weighted by molar-refractivity contribution is -0.143. The van der Waals surface area contributed by atoms with E-state index in [1.807, 2.05) is 29.2 Å². The fraction of sp³-hybridized carbons (Fsp3) is 0.533. The Balaban J connectivity index is 2.10. The predicted molar refractivity (Wildman–Crippen MR) is 73.4 cm³/mol. The van der Waals surface area contributed by atoms with Crippen molar-refractivity contribution < 1.29 is 14.6 Å². The van der Waals surface area contributed by atoms with Gasteiger partial charge in [0.25, 0.3) is 0 Å². The van der Waals surface area contributed by atoms with Crippen LogP contribution in [0.1, 0.15) is 37.8 Å². The molecule has 4 heteroatoms. The van der Waals surface area contributed by atoms with Crippen LogP contribution in [0.2, 0.25) is 0 Å². The quantitative estimate of drug-likeness (QED) is 0.857. The molecule has 0 aromatic heterocycles. The zero-order valence-electron chi connectivity index (χ0n) is 11.3. The fourth-order valence-electron chi connectivity index (χ4n) is 2.48. The van der Waals surface area contributed by atoms with Gasteiger partial charge in [-0.2, -0.15) is 0 Å². The van der Waals surface area contributed by atoms with E-state index in [0.29, 0.717) is 6.61 Å². The van der Waals surface area contributed by atoms with Crippen molar-refractivity contribution in [2.75, 3.05) is 19.7 Å². The Morgan fingerprint density at radius 2 is 1.95 bits per heavy atom. The molecule has 0 aliphatic carbocycles. The van der Waals surface area contributed by atoms with E-state index in [0.717, 1.165) is 43.7 Å². The highest BCUT2D eigenvalue weighted by Gasteiger charge is 2.29. The molecule has 1 unspecified atom stereocenters. The molecule has 1 saturated heterocycles. The summed E-state index contributed by atoms with van der Waals surface area (Å²) in [7, 11) is 0. The van der Waals surface area contributed by atoms with E-state index in [9.17, 15) is 9.90 Å². The lowest BCUT2D eigenvalue weighted by atomic mass is 10.1. The second-order valence-corrected chi connectivity index (χ2v) is 4.90. The molecule has 0 amide bonds. The molecule has 1 aromatic carbocycles. The highest BCUT2D eigenvalue weighted by Crippen LogP contribution is 2.26. The first-order valence-electron chi connectivity index (χ1n) is 6.92. The molecule has 1 aliphatic heterocycles. The number of aliphatic carboxylic acids is 1. The maximum Gasteiger partial charge on any atom is 0.325 e. The Bertz CT molecular complexity index is 410. The van der Waals surface area contributed by atoms with E-state index < -0.39 is 12.0 Å². The van der Waals surface area contributed by atoms with Crippen molar-refractivity contribution in [3.8, 4) is 5.75 Å². The summed E-state index contributed by atoms with van der Waals surface area (Å²) in [6.45, 7) is 4.48. The Labute approximate surface area is 114 Å². The highest BCUT2D eigenvalue weighted by molar-refractivity contribution is 5.75. The van der Waals surface area contributed by atoms with Gasteiger partial charge in [-0.3, -0.25) is 9.69 Å². The van der Waals surface area contributed by atoms with E-state index in [1.165, 1.54) is 0 Å². The summed E-state index contributed by atoms with van der Waals surface area (Å²) >= 11 is 0. The van der Waals surface area contributed by atoms with Crippen LogP contribution in [0.15, 0.2) is 24.3 Å². The van der Waals surface area contributed by atoms with Crippen molar-refractivity contribution in [2.24, 2.45) is 0 Å². The first kappa shape index (κ1) is 13.9. The van der Waals surface area contributed by atoms with Crippen molar-refractivity contribution >= 4 is 5.97 Å². The van der Waals surface area contributed by atoms with E-state index in [2.05, 4.69) is 6.92 Å². The molecule has 104 valence electrons. The zero-order valence-corrected chi connectivity index (χ0v) is 11.3. The molecule has 0 bridgehead atoms. The largest absolute Gasteiger partial charge is 0.494 e. The molecule has 1 aliphatic rings. The van der Waals surface area contributed by atoms with Crippen LogP contribution in [0, 0.1) is 0 Å². The van der Waals surface area contributed by atoms with Crippen LogP contribution in [0.4, 0.5) is 0 Å². The third-order valence-corrected chi connectivity index (χ3v) is 3.41. The summed E-state index contributed by atoms with van der Waals surface area (Å²) in [5.41, 5.74) is 0.832. The second-order valence-electron chi connectivity index (χ2n) is 4.90. The summed E-state index contributed by atoms with van der Waals surface area (Å²) in [5.74, 6) is 0.0280. The maximum absolute atomic E-state index is 11.5. The third kappa shape index (κ3) is 3.47. The summed E-state index contributed by atoms with van der Waals surface area (Å²) in [5, 5.41) is 9.42. The number of carbonyl (C=O) groups is 1. The fourth-order valence-corrected chi connectivity index (χ4v) is 2.48. The molecule has 2 rings (SSSR count). The van der Waals surface area contributed by atoms with Crippen LogP contribution in [0.5, 0.6) is 5.75 Å². The lowest BCUT2D eigenvalue weighted by Crippen LogP contribution is -2.31. The van der Waals surface area contributed by atoms with E-state index in [-0.39, 0.29) is 0 Å². The van der Waals surface area contributed by atoms with Crippen LogP contribution < -0.4 is 4.74 Å². The minimum absolute atomic E-state index is 0.525. The van der Waals surface area contributed by atoms with Gasteiger partial charge in [0.15, 0.2) is 0 Å². The van der Waals surface area contributed by atoms with Gasteiger partial charge in [0.05, 0.1) is 6.61 Å². The SMILES string of the molecule is CCCOc1ccc(C(C(=O)O)N2CCCC2)cc1. The minimum atomic E-state index is -0.774. The maximum atomic E-state index is 11.5.